The fourth-order valence-corrected chi connectivity index (χ4v) is 2.89. The summed E-state index contributed by atoms with van der Waals surface area (Å²) < 4.78 is 6.31. The summed E-state index contributed by atoms with van der Waals surface area (Å²) in [5.74, 6) is -1.15. The van der Waals surface area contributed by atoms with Gasteiger partial charge in [-0.2, -0.15) is 0 Å². The van der Waals surface area contributed by atoms with Crippen molar-refractivity contribution in [2.75, 3.05) is 6.54 Å². The van der Waals surface area contributed by atoms with Crippen molar-refractivity contribution in [3.05, 3.63) is 31.9 Å². The van der Waals surface area contributed by atoms with Crippen molar-refractivity contribution in [3.63, 3.8) is 0 Å². The highest BCUT2D eigenvalue weighted by Gasteiger charge is 2.16. The van der Waals surface area contributed by atoms with Gasteiger partial charge in [-0.25, -0.2) is 0 Å². The van der Waals surface area contributed by atoms with E-state index in [9.17, 15) is 9.59 Å². The lowest BCUT2D eigenvalue weighted by molar-refractivity contribution is -0.153. The summed E-state index contributed by atoms with van der Waals surface area (Å²) in [6.45, 7) is 10.0. The Kier molecular flexibility index (Phi) is 7.01. The third-order valence-corrected chi connectivity index (χ3v) is 4.93. The van der Waals surface area contributed by atoms with Crippen molar-refractivity contribution < 1.29 is 19.4 Å². The molecule has 1 aromatic rings. The third kappa shape index (κ3) is 6.47. The second-order valence-corrected chi connectivity index (χ2v) is 7.60. The zero-order valence-corrected chi connectivity index (χ0v) is 16.4. The van der Waals surface area contributed by atoms with E-state index in [0.717, 1.165) is 25.8 Å². The second kappa shape index (κ2) is 8.10. The summed E-state index contributed by atoms with van der Waals surface area (Å²) >= 11 is 2.24. The lowest BCUT2D eigenvalue weighted by atomic mass is 9.98. The molecule has 23 heavy (non-hydrogen) atoms. The van der Waals surface area contributed by atoms with Crippen LogP contribution < -0.4 is 5.32 Å². The Morgan fingerprint density at radius 3 is 2.30 bits per heavy atom. The van der Waals surface area contributed by atoms with Crippen LogP contribution in [0.3, 0.4) is 0 Å². The monoisotopic (exact) mass is 433 g/mol. The van der Waals surface area contributed by atoms with Gasteiger partial charge in [-0.1, -0.05) is 6.07 Å². The predicted octanol–water partition coefficient (Wildman–Crippen LogP) is 2.97. The number of carbonyl (C=O) groups is 2. The highest BCUT2D eigenvalue weighted by Crippen LogP contribution is 2.24. The van der Waals surface area contributed by atoms with Gasteiger partial charge < -0.3 is 15.2 Å². The molecule has 0 spiro atoms. The number of aliphatic carboxylic acids is 1. The minimum atomic E-state index is -0.847. The first-order valence-electron chi connectivity index (χ1n) is 7.43. The number of hydrogen-bond donors (Lipinski definition) is 2. The Morgan fingerprint density at radius 1 is 1.22 bits per heavy atom. The minimum absolute atomic E-state index is 0.00117. The fourth-order valence-electron chi connectivity index (χ4n) is 2.20. The molecule has 0 amide bonds. The smallest absolute Gasteiger partial charge is 0.320 e. The lowest BCUT2D eigenvalue weighted by Gasteiger charge is -2.20. The summed E-state index contributed by atoms with van der Waals surface area (Å²) in [7, 11) is 0. The number of carboxylic acids is 1. The molecule has 0 fully saturated rings. The molecular weight excluding hydrogens is 409 g/mol. The Balaban J connectivity index is 2.79. The average Bonchev–Trinajstić information content (AvgIpc) is 2.38. The predicted molar refractivity (Wildman–Crippen MR) is 97.5 cm³/mol. The fraction of sp³-hybridized carbons (Fsp3) is 0.529. The number of halogens is 1. The number of carboxylic acid groups (broad SMARTS) is 1. The normalized spacial score (nSPS) is 11.4. The van der Waals surface area contributed by atoms with E-state index >= 15 is 0 Å². The quantitative estimate of drug-likeness (QED) is 0.533. The SMILES string of the molecule is Cc1c(CNCC(=O)OC(C)(C)C)cc(CC(=O)O)c(C)c1I. The van der Waals surface area contributed by atoms with Crippen LogP contribution in [-0.4, -0.2) is 29.2 Å². The van der Waals surface area contributed by atoms with Crippen molar-refractivity contribution in [1.82, 2.24) is 5.32 Å². The van der Waals surface area contributed by atoms with E-state index in [4.69, 9.17) is 9.84 Å². The van der Waals surface area contributed by atoms with Crippen LogP contribution in [0.4, 0.5) is 0 Å². The number of nitrogens with one attached hydrogen (secondary N) is 1. The standard InChI is InChI=1S/C17H24INO4/c1-10-12(7-14(20)21)6-13(11(2)16(10)18)8-19-9-15(22)23-17(3,4)5/h6,19H,7-9H2,1-5H3,(H,20,21). The molecule has 0 atom stereocenters. The van der Waals surface area contributed by atoms with Crippen molar-refractivity contribution in [1.29, 1.82) is 0 Å². The van der Waals surface area contributed by atoms with Crippen LogP contribution in [0.5, 0.6) is 0 Å². The van der Waals surface area contributed by atoms with Crippen molar-refractivity contribution >= 4 is 34.5 Å². The Labute approximate surface area is 150 Å². The first kappa shape index (κ1) is 19.9. The van der Waals surface area contributed by atoms with Gasteiger partial charge in [0.25, 0.3) is 0 Å². The lowest BCUT2D eigenvalue weighted by Crippen LogP contribution is -2.31. The number of esters is 1. The van der Waals surface area contributed by atoms with Gasteiger partial charge in [0, 0.05) is 10.1 Å². The highest BCUT2D eigenvalue weighted by molar-refractivity contribution is 14.1. The van der Waals surface area contributed by atoms with E-state index in [1.165, 1.54) is 0 Å². The zero-order chi connectivity index (χ0) is 17.8. The van der Waals surface area contributed by atoms with Crippen LogP contribution in [0, 0.1) is 17.4 Å². The van der Waals surface area contributed by atoms with E-state index < -0.39 is 11.6 Å². The van der Waals surface area contributed by atoms with Crippen molar-refractivity contribution in [3.8, 4) is 0 Å². The largest absolute Gasteiger partial charge is 0.481 e. The van der Waals surface area contributed by atoms with Crippen molar-refractivity contribution in [2.45, 2.75) is 53.2 Å². The van der Waals surface area contributed by atoms with E-state index in [-0.39, 0.29) is 18.9 Å². The summed E-state index contributed by atoms with van der Waals surface area (Å²) in [6, 6.07) is 1.91. The van der Waals surface area contributed by atoms with Gasteiger partial charge in [0.2, 0.25) is 0 Å². The molecule has 5 nitrogen and oxygen atoms in total. The first-order chi connectivity index (χ1) is 10.5. The molecule has 0 aliphatic carbocycles. The number of ether oxygens (including phenoxy) is 1. The van der Waals surface area contributed by atoms with Crippen LogP contribution in [0.25, 0.3) is 0 Å². The molecule has 0 heterocycles. The first-order valence-corrected chi connectivity index (χ1v) is 8.51. The molecule has 0 radical (unpaired) electrons. The third-order valence-electron chi connectivity index (χ3n) is 3.32. The number of benzene rings is 1. The summed E-state index contributed by atoms with van der Waals surface area (Å²) in [5.41, 5.74) is 3.42. The van der Waals surface area contributed by atoms with Crippen LogP contribution in [0.1, 0.15) is 43.0 Å². The van der Waals surface area contributed by atoms with Gasteiger partial charge in [-0.15, -0.1) is 0 Å². The molecule has 0 aliphatic heterocycles. The molecule has 0 saturated carbocycles. The molecule has 0 aliphatic rings. The molecule has 0 saturated heterocycles. The molecule has 0 aromatic heterocycles. The maximum atomic E-state index is 11.7. The van der Waals surface area contributed by atoms with E-state index in [0.29, 0.717) is 6.54 Å². The molecular formula is C17H24INO4. The van der Waals surface area contributed by atoms with Crippen LogP contribution >= 0.6 is 22.6 Å². The van der Waals surface area contributed by atoms with Gasteiger partial charge in [0.05, 0.1) is 13.0 Å². The van der Waals surface area contributed by atoms with Crippen LogP contribution in [-0.2, 0) is 27.3 Å². The molecule has 1 aromatic carbocycles. The van der Waals surface area contributed by atoms with Gasteiger partial charge in [-0.05, 0) is 79.5 Å². The summed E-state index contributed by atoms with van der Waals surface area (Å²) in [6.07, 6.45) is 0.00117. The molecule has 6 heteroatoms. The van der Waals surface area contributed by atoms with Gasteiger partial charge >= 0.3 is 11.9 Å². The Hall–Kier alpha value is -1.15. The average molecular weight is 433 g/mol. The van der Waals surface area contributed by atoms with Crippen LogP contribution in [0.15, 0.2) is 6.07 Å². The topological polar surface area (TPSA) is 75.6 Å². The van der Waals surface area contributed by atoms with Crippen molar-refractivity contribution in [2.24, 2.45) is 0 Å². The number of carbonyl (C=O) groups excluding carboxylic acids is 1. The maximum Gasteiger partial charge on any atom is 0.320 e. The van der Waals surface area contributed by atoms with E-state index in [1.807, 2.05) is 40.7 Å². The summed E-state index contributed by atoms with van der Waals surface area (Å²) in [4.78, 5) is 22.7. The molecule has 2 N–H and O–H groups in total. The zero-order valence-electron chi connectivity index (χ0n) is 14.2. The molecule has 0 bridgehead atoms. The number of rotatable bonds is 6. The second-order valence-electron chi connectivity index (χ2n) is 6.52. The van der Waals surface area contributed by atoms with E-state index in [1.54, 1.807) is 0 Å². The minimum Gasteiger partial charge on any atom is -0.481 e. The van der Waals surface area contributed by atoms with Gasteiger partial charge in [0.15, 0.2) is 0 Å². The van der Waals surface area contributed by atoms with Gasteiger partial charge in [-0.3, -0.25) is 9.59 Å². The van der Waals surface area contributed by atoms with Crippen LogP contribution in [0.2, 0.25) is 0 Å². The maximum absolute atomic E-state index is 11.7. The van der Waals surface area contributed by atoms with E-state index in [2.05, 4.69) is 27.9 Å². The summed E-state index contributed by atoms with van der Waals surface area (Å²) in [5, 5.41) is 12.1. The molecule has 0 unspecified atom stereocenters. The highest BCUT2D eigenvalue weighted by atomic mass is 127. The van der Waals surface area contributed by atoms with Gasteiger partial charge in [0.1, 0.15) is 5.60 Å². The molecule has 128 valence electrons. The number of hydrogen-bond acceptors (Lipinski definition) is 4. The molecule has 1 rings (SSSR count). The Morgan fingerprint density at radius 2 is 1.78 bits per heavy atom. The Bertz CT molecular complexity index is 606.